The molecule has 2 rings (SSSR count). The van der Waals surface area contributed by atoms with Gasteiger partial charge in [-0.15, -0.1) is 0 Å². The molecule has 0 aliphatic rings. The average molecular weight is 329 g/mol. The molecule has 3 heteroatoms. The standard InChI is InChI=1S/C21H31NO2/c1-3-4-5-6-7-8-9-10-11-12-19-15-17-13-14-18(21(23)24-2)16-20(17)22-19/h13-16,22H,3-12H2,1-2H3. The molecule has 1 N–H and O–H groups in total. The van der Waals surface area contributed by atoms with Crippen molar-refractivity contribution in [3.8, 4) is 0 Å². The van der Waals surface area contributed by atoms with Crippen molar-refractivity contribution >= 4 is 16.9 Å². The second kappa shape index (κ2) is 10.2. The molecule has 1 aromatic heterocycles. The Kier molecular flexibility index (Phi) is 7.87. The molecule has 0 saturated heterocycles. The van der Waals surface area contributed by atoms with Crippen LogP contribution in [0.1, 0.15) is 80.8 Å². The lowest BCUT2D eigenvalue weighted by molar-refractivity contribution is 0.0601. The van der Waals surface area contributed by atoms with Crippen molar-refractivity contribution in [2.24, 2.45) is 0 Å². The van der Waals surface area contributed by atoms with Gasteiger partial charge in [-0.05, 0) is 36.4 Å². The molecule has 0 aliphatic heterocycles. The SMILES string of the molecule is CCCCCCCCCCCc1cc2ccc(C(=O)OC)cc2[nH]1. The van der Waals surface area contributed by atoms with Gasteiger partial charge in [0.05, 0.1) is 12.7 Å². The number of rotatable bonds is 11. The summed E-state index contributed by atoms with van der Waals surface area (Å²) >= 11 is 0. The highest BCUT2D eigenvalue weighted by atomic mass is 16.5. The van der Waals surface area contributed by atoms with Gasteiger partial charge in [0.15, 0.2) is 0 Å². The maximum atomic E-state index is 11.6. The Labute approximate surface area is 145 Å². The molecule has 0 saturated carbocycles. The lowest BCUT2D eigenvalue weighted by Gasteiger charge is -2.01. The molecule has 132 valence electrons. The Balaban J connectivity index is 1.70. The average Bonchev–Trinajstić information content (AvgIpc) is 3.01. The van der Waals surface area contributed by atoms with E-state index in [4.69, 9.17) is 4.74 Å². The quantitative estimate of drug-likeness (QED) is 0.404. The molecule has 1 aromatic carbocycles. The number of fused-ring (bicyclic) bond motifs is 1. The van der Waals surface area contributed by atoms with Crippen LogP contribution in [0.15, 0.2) is 24.3 Å². The van der Waals surface area contributed by atoms with Crippen LogP contribution in [0.2, 0.25) is 0 Å². The highest BCUT2D eigenvalue weighted by molar-refractivity contribution is 5.94. The zero-order chi connectivity index (χ0) is 17.2. The lowest BCUT2D eigenvalue weighted by Crippen LogP contribution is -2.00. The van der Waals surface area contributed by atoms with E-state index in [1.165, 1.54) is 70.6 Å². The van der Waals surface area contributed by atoms with E-state index in [0.717, 1.165) is 17.3 Å². The molecule has 2 aromatic rings. The normalized spacial score (nSPS) is 11.1. The van der Waals surface area contributed by atoms with E-state index >= 15 is 0 Å². The minimum Gasteiger partial charge on any atom is -0.465 e. The molecule has 0 spiro atoms. The number of aromatic amines is 1. The first-order valence-electron chi connectivity index (χ1n) is 9.44. The summed E-state index contributed by atoms with van der Waals surface area (Å²) in [5, 5.41) is 1.16. The lowest BCUT2D eigenvalue weighted by atomic mass is 10.1. The van der Waals surface area contributed by atoms with Gasteiger partial charge < -0.3 is 9.72 Å². The first-order chi connectivity index (χ1) is 11.7. The number of unbranched alkanes of at least 4 members (excludes halogenated alkanes) is 8. The third-order valence-corrected chi connectivity index (χ3v) is 4.65. The fraction of sp³-hybridized carbons (Fsp3) is 0.571. The number of aromatic nitrogens is 1. The predicted octanol–water partition coefficient (Wildman–Crippen LogP) is 6.03. The summed E-state index contributed by atoms with van der Waals surface area (Å²) in [5.41, 5.74) is 2.88. The molecule has 0 unspecified atom stereocenters. The largest absolute Gasteiger partial charge is 0.465 e. The van der Waals surface area contributed by atoms with E-state index in [-0.39, 0.29) is 5.97 Å². The maximum absolute atomic E-state index is 11.6. The van der Waals surface area contributed by atoms with Crippen LogP contribution in [0.3, 0.4) is 0 Å². The maximum Gasteiger partial charge on any atom is 0.337 e. The number of aryl methyl sites for hydroxylation is 1. The number of hydrogen-bond donors (Lipinski definition) is 1. The van der Waals surface area contributed by atoms with Gasteiger partial charge >= 0.3 is 5.97 Å². The number of nitrogens with one attached hydrogen (secondary N) is 1. The van der Waals surface area contributed by atoms with Crippen molar-refractivity contribution in [1.29, 1.82) is 0 Å². The molecule has 0 fully saturated rings. The van der Waals surface area contributed by atoms with Crippen LogP contribution < -0.4 is 0 Å². The van der Waals surface area contributed by atoms with E-state index < -0.39 is 0 Å². The van der Waals surface area contributed by atoms with Crippen LogP contribution in [0.5, 0.6) is 0 Å². The summed E-state index contributed by atoms with van der Waals surface area (Å²) in [4.78, 5) is 15.0. The van der Waals surface area contributed by atoms with Crippen LogP contribution in [0.4, 0.5) is 0 Å². The van der Waals surface area contributed by atoms with E-state index in [2.05, 4.69) is 18.0 Å². The van der Waals surface area contributed by atoms with Crippen molar-refractivity contribution in [3.63, 3.8) is 0 Å². The van der Waals surface area contributed by atoms with Gasteiger partial charge in [0.1, 0.15) is 0 Å². The molecule has 3 nitrogen and oxygen atoms in total. The van der Waals surface area contributed by atoms with Gasteiger partial charge in [-0.1, -0.05) is 64.4 Å². The van der Waals surface area contributed by atoms with Crippen LogP contribution in [0.25, 0.3) is 10.9 Å². The summed E-state index contributed by atoms with van der Waals surface area (Å²) in [6.07, 6.45) is 13.2. The highest BCUT2D eigenvalue weighted by Gasteiger charge is 2.07. The Bertz CT molecular complexity index is 630. The number of carbonyl (C=O) groups is 1. The van der Waals surface area contributed by atoms with E-state index in [9.17, 15) is 4.79 Å². The number of carbonyl (C=O) groups excluding carboxylic acids is 1. The van der Waals surface area contributed by atoms with Gasteiger partial charge in [-0.2, -0.15) is 0 Å². The zero-order valence-electron chi connectivity index (χ0n) is 15.2. The Morgan fingerprint density at radius 3 is 2.29 bits per heavy atom. The number of hydrogen-bond acceptors (Lipinski definition) is 2. The van der Waals surface area contributed by atoms with E-state index in [1.807, 2.05) is 18.2 Å². The van der Waals surface area contributed by atoms with Crippen molar-refractivity contribution < 1.29 is 9.53 Å². The Hall–Kier alpha value is -1.77. The fourth-order valence-corrected chi connectivity index (χ4v) is 3.19. The topological polar surface area (TPSA) is 42.1 Å². The molecule has 0 bridgehead atoms. The van der Waals surface area contributed by atoms with E-state index in [1.54, 1.807) is 0 Å². The third kappa shape index (κ3) is 5.70. The first kappa shape index (κ1) is 18.6. The van der Waals surface area contributed by atoms with Crippen LogP contribution in [0, 0.1) is 0 Å². The summed E-state index contributed by atoms with van der Waals surface area (Å²) < 4.78 is 4.77. The van der Waals surface area contributed by atoms with E-state index in [0.29, 0.717) is 5.56 Å². The zero-order valence-corrected chi connectivity index (χ0v) is 15.2. The minimum atomic E-state index is -0.285. The second-order valence-corrected chi connectivity index (χ2v) is 6.67. The van der Waals surface area contributed by atoms with Crippen LogP contribution in [-0.4, -0.2) is 18.1 Å². The van der Waals surface area contributed by atoms with Gasteiger partial charge in [0, 0.05) is 11.2 Å². The predicted molar refractivity (Wildman–Crippen MR) is 101 cm³/mol. The number of H-pyrrole nitrogens is 1. The fourth-order valence-electron chi connectivity index (χ4n) is 3.19. The first-order valence-corrected chi connectivity index (χ1v) is 9.44. The van der Waals surface area contributed by atoms with Crippen molar-refractivity contribution in [2.75, 3.05) is 7.11 Å². The summed E-state index contributed by atoms with van der Waals surface area (Å²) in [6.45, 7) is 2.26. The smallest absolute Gasteiger partial charge is 0.337 e. The van der Waals surface area contributed by atoms with Crippen molar-refractivity contribution in [2.45, 2.75) is 71.1 Å². The van der Waals surface area contributed by atoms with Crippen molar-refractivity contribution in [3.05, 3.63) is 35.5 Å². The Morgan fingerprint density at radius 2 is 1.62 bits per heavy atom. The minimum absolute atomic E-state index is 0.285. The highest BCUT2D eigenvalue weighted by Crippen LogP contribution is 2.19. The molecule has 24 heavy (non-hydrogen) atoms. The molecule has 0 atom stereocenters. The Morgan fingerprint density at radius 1 is 0.958 bits per heavy atom. The number of benzene rings is 1. The molecular formula is C21H31NO2. The summed E-state index contributed by atoms with van der Waals surface area (Å²) in [5.74, 6) is -0.285. The third-order valence-electron chi connectivity index (χ3n) is 4.65. The molecule has 0 amide bonds. The van der Waals surface area contributed by atoms with Crippen LogP contribution in [-0.2, 0) is 11.2 Å². The van der Waals surface area contributed by atoms with Gasteiger partial charge in [-0.3, -0.25) is 0 Å². The summed E-state index contributed by atoms with van der Waals surface area (Å²) in [6, 6.07) is 7.88. The van der Waals surface area contributed by atoms with Crippen molar-refractivity contribution in [1.82, 2.24) is 4.98 Å². The van der Waals surface area contributed by atoms with Gasteiger partial charge in [0.25, 0.3) is 0 Å². The number of esters is 1. The number of ether oxygens (including phenoxy) is 1. The molecule has 1 heterocycles. The van der Waals surface area contributed by atoms with Crippen LogP contribution >= 0.6 is 0 Å². The second-order valence-electron chi connectivity index (χ2n) is 6.67. The van der Waals surface area contributed by atoms with Gasteiger partial charge in [0.2, 0.25) is 0 Å². The monoisotopic (exact) mass is 329 g/mol. The number of methoxy groups -OCH3 is 1. The van der Waals surface area contributed by atoms with Gasteiger partial charge in [-0.25, -0.2) is 4.79 Å². The molecular weight excluding hydrogens is 298 g/mol. The molecule has 0 radical (unpaired) electrons. The molecule has 0 aliphatic carbocycles. The summed E-state index contributed by atoms with van der Waals surface area (Å²) in [7, 11) is 1.41.